The lowest BCUT2D eigenvalue weighted by molar-refractivity contribution is 0.253. The van der Waals surface area contributed by atoms with Gasteiger partial charge in [-0.3, -0.25) is 0 Å². The number of rotatable bonds is 3. The van der Waals surface area contributed by atoms with E-state index in [1.54, 1.807) is 0 Å². The van der Waals surface area contributed by atoms with Crippen molar-refractivity contribution >= 4 is 21.6 Å². The van der Waals surface area contributed by atoms with Crippen LogP contribution in [0.2, 0.25) is 0 Å². The van der Waals surface area contributed by atoms with Crippen molar-refractivity contribution in [1.29, 1.82) is 0 Å². The zero-order valence-corrected chi connectivity index (χ0v) is 14.0. The Balaban J connectivity index is 2.27. The molecule has 1 aromatic carbocycles. The van der Waals surface area contributed by atoms with Gasteiger partial charge in [0.1, 0.15) is 0 Å². The first-order valence-electron chi connectivity index (χ1n) is 7.22. The Bertz CT molecular complexity index is 415. The third kappa shape index (κ3) is 3.32. The first kappa shape index (κ1) is 14.9. The fraction of sp³-hybridized carbons (Fsp3) is 0.625. The summed E-state index contributed by atoms with van der Waals surface area (Å²) in [4.78, 5) is 2.58. The highest BCUT2D eigenvalue weighted by Crippen LogP contribution is 2.29. The Kier molecular flexibility index (Phi) is 4.57. The van der Waals surface area contributed by atoms with Gasteiger partial charge in [0.2, 0.25) is 0 Å². The van der Waals surface area contributed by atoms with Gasteiger partial charge >= 0.3 is 0 Å². The molecule has 2 atom stereocenters. The molecule has 1 heterocycles. The molecule has 2 nitrogen and oxygen atoms in total. The van der Waals surface area contributed by atoms with Gasteiger partial charge in [0, 0.05) is 34.8 Å². The Labute approximate surface area is 125 Å². The summed E-state index contributed by atoms with van der Waals surface area (Å²) >= 11 is 3.52. The average Bonchev–Trinajstić information content (AvgIpc) is 2.39. The minimum Gasteiger partial charge on any atom is -0.365 e. The van der Waals surface area contributed by atoms with Gasteiger partial charge < -0.3 is 10.2 Å². The smallest absolute Gasteiger partial charge is 0.0438 e. The average molecular weight is 325 g/mol. The molecule has 0 bridgehead atoms. The molecule has 0 radical (unpaired) electrons. The van der Waals surface area contributed by atoms with Crippen molar-refractivity contribution in [3.05, 3.63) is 28.7 Å². The Hall–Kier alpha value is -0.540. The van der Waals surface area contributed by atoms with Crippen LogP contribution in [0.5, 0.6) is 0 Å². The quantitative estimate of drug-likeness (QED) is 0.902. The molecule has 0 saturated carbocycles. The van der Waals surface area contributed by atoms with Crippen LogP contribution in [-0.4, -0.2) is 24.7 Å². The van der Waals surface area contributed by atoms with Crippen LogP contribution in [0.1, 0.15) is 34.1 Å². The van der Waals surface area contributed by atoms with Crippen molar-refractivity contribution in [2.75, 3.05) is 18.0 Å². The zero-order valence-electron chi connectivity index (χ0n) is 12.4. The van der Waals surface area contributed by atoms with E-state index in [4.69, 9.17) is 0 Å². The SMILES string of the molecule is CCC1(C)CN(c2ccc(Br)cc2)C(C(C)C)CN1. The summed E-state index contributed by atoms with van der Waals surface area (Å²) in [7, 11) is 0. The highest BCUT2D eigenvalue weighted by molar-refractivity contribution is 9.10. The molecule has 1 saturated heterocycles. The molecule has 0 aliphatic carbocycles. The third-order valence-corrected chi connectivity index (χ3v) is 4.89. The number of halogens is 1. The molecule has 106 valence electrons. The highest BCUT2D eigenvalue weighted by atomic mass is 79.9. The summed E-state index contributed by atoms with van der Waals surface area (Å²) < 4.78 is 1.14. The molecular weight excluding hydrogens is 300 g/mol. The molecule has 1 N–H and O–H groups in total. The van der Waals surface area contributed by atoms with Crippen LogP contribution in [0, 0.1) is 5.92 Å². The van der Waals surface area contributed by atoms with Gasteiger partial charge in [-0.15, -0.1) is 0 Å². The van der Waals surface area contributed by atoms with Gasteiger partial charge in [-0.2, -0.15) is 0 Å². The Morgan fingerprint density at radius 3 is 2.53 bits per heavy atom. The lowest BCUT2D eigenvalue weighted by atomic mass is 9.89. The molecule has 19 heavy (non-hydrogen) atoms. The van der Waals surface area contributed by atoms with Gasteiger partial charge in [0.05, 0.1) is 0 Å². The lowest BCUT2D eigenvalue weighted by Crippen LogP contribution is -2.64. The highest BCUT2D eigenvalue weighted by Gasteiger charge is 2.35. The fourth-order valence-electron chi connectivity index (χ4n) is 2.76. The molecule has 0 spiro atoms. The summed E-state index contributed by atoms with van der Waals surface area (Å²) in [6, 6.07) is 9.29. The fourth-order valence-corrected chi connectivity index (χ4v) is 3.02. The number of hydrogen-bond donors (Lipinski definition) is 1. The van der Waals surface area contributed by atoms with Crippen LogP contribution in [0.4, 0.5) is 5.69 Å². The van der Waals surface area contributed by atoms with Crippen molar-refractivity contribution in [2.24, 2.45) is 5.92 Å². The third-order valence-electron chi connectivity index (χ3n) is 4.37. The molecule has 1 fully saturated rings. The van der Waals surface area contributed by atoms with Crippen LogP contribution in [0.25, 0.3) is 0 Å². The molecule has 2 rings (SSSR count). The summed E-state index contributed by atoms with van der Waals surface area (Å²) in [6.07, 6.45) is 1.16. The number of nitrogens with zero attached hydrogens (tertiary/aromatic N) is 1. The molecule has 1 aromatic rings. The van der Waals surface area contributed by atoms with Gasteiger partial charge in [0.15, 0.2) is 0 Å². The molecule has 0 aromatic heterocycles. The monoisotopic (exact) mass is 324 g/mol. The standard InChI is InChI=1S/C16H25BrN2/c1-5-16(4)11-19(15(10-18-16)12(2)3)14-8-6-13(17)7-9-14/h6-9,12,15,18H,5,10-11H2,1-4H3. The molecule has 3 heteroatoms. The maximum absolute atomic E-state index is 3.74. The van der Waals surface area contributed by atoms with Crippen LogP contribution in [0.3, 0.4) is 0 Å². The summed E-state index contributed by atoms with van der Waals surface area (Å²) in [6.45, 7) is 11.4. The van der Waals surface area contributed by atoms with Crippen molar-refractivity contribution in [2.45, 2.75) is 45.7 Å². The topological polar surface area (TPSA) is 15.3 Å². The number of anilines is 1. The molecule has 0 amide bonds. The zero-order chi connectivity index (χ0) is 14.0. The van der Waals surface area contributed by atoms with E-state index in [2.05, 4.69) is 78.1 Å². The second kappa shape index (κ2) is 5.84. The Morgan fingerprint density at radius 1 is 1.37 bits per heavy atom. The van der Waals surface area contributed by atoms with Gasteiger partial charge in [-0.05, 0) is 43.5 Å². The number of hydrogen-bond acceptors (Lipinski definition) is 2. The second-order valence-electron chi connectivity index (χ2n) is 6.21. The predicted molar refractivity (Wildman–Crippen MR) is 86.8 cm³/mol. The van der Waals surface area contributed by atoms with Crippen LogP contribution in [0.15, 0.2) is 28.7 Å². The Morgan fingerprint density at radius 2 is 2.00 bits per heavy atom. The van der Waals surface area contributed by atoms with Crippen LogP contribution in [-0.2, 0) is 0 Å². The van der Waals surface area contributed by atoms with Crippen LogP contribution >= 0.6 is 15.9 Å². The first-order chi connectivity index (χ1) is 8.95. The summed E-state index contributed by atoms with van der Waals surface area (Å²) in [5, 5.41) is 3.74. The lowest BCUT2D eigenvalue weighted by Gasteiger charge is -2.48. The predicted octanol–water partition coefficient (Wildman–Crippen LogP) is 4.05. The van der Waals surface area contributed by atoms with E-state index in [0.29, 0.717) is 12.0 Å². The van der Waals surface area contributed by atoms with E-state index >= 15 is 0 Å². The number of benzene rings is 1. The molecule has 1 aliphatic heterocycles. The van der Waals surface area contributed by atoms with E-state index in [1.807, 2.05) is 0 Å². The largest absolute Gasteiger partial charge is 0.365 e. The minimum absolute atomic E-state index is 0.221. The molecule has 2 unspecified atom stereocenters. The number of nitrogens with one attached hydrogen (secondary N) is 1. The van der Waals surface area contributed by atoms with Crippen LogP contribution < -0.4 is 10.2 Å². The van der Waals surface area contributed by atoms with E-state index in [1.165, 1.54) is 5.69 Å². The first-order valence-corrected chi connectivity index (χ1v) is 8.02. The van der Waals surface area contributed by atoms with Crippen molar-refractivity contribution in [3.63, 3.8) is 0 Å². The van der Waals surface area contributed by atoms with Crippen molar-refractivity contribution in [1.82, 2.24) is 5.32 Å². The van der Waals surface area contributed by atoms with E-state index in [9.17, 15) is 0 Å². The minimum atomic E-state index is 0.221. The normalized spacial score (nSPS) is 27.9. The van der Waals surface area contributed by atoms with E-state index in [0.717, 1.165) is 24.0 Å². The van der Waals surface area contributed by atoms with Gasteiger partial charge in [0.25, 0.3) is 0 Å². The van der Waals surface area contributed by atoms with Crippen molar-refractivity contribution < 1.29 is 0 Å². The maximum atomic E-state index is 3.74. The van der Waals surface area contributed by atoms with Gasteiger partial charge in [-0.25, -0.2) is 0 Å². The van der Waals surface area contributed by atoms with E-state index < -0.39 is 0 Å². The van der Waals surface area contributed by atoms with Gasteiger partial charge in [-0.1, -0.05) is 36.7 Å². The number of piperazine rings is 1. The summed E-state index contributed by atoms with van der Waals surface area (Å²) in [5.41, 5.74) is 1.56. The second-order valence-corrected chi connectivity index (χ2v) is 7.13. The molecular formula is C16H25BrN2. The summed E-state index contributed by atoms with van der Waals surface area (Å²) in [5.74, 6) is 0.651. The van der Waals surface area contributed by atoms with E-state index in [-0.39, 0.29) is 5.54 Å². The molecule has 1 aliphatic rings. The van der Waals surface area contributed by atoms with Crippen molar-refractivity contribution in [3.8, 4) is 0 Å². The maximum Gasteiger partial charge on any atom is 0.0438 e.